The Kier molecular flexibility index (Phi) is 5.92. The lowest BCUT2D eigenvalue weighted by Gasteiger charge is -2.17. The molecule has 1 aliphatic heterocycles. The quantitative estimate of drug-likeness (QED) is 0.519. The van der Waals surface area contributed by atoms with Crippen LogP contribution in [0.4, 0.5) is 0 Å². The van der Waals surface area contributed by atoms with E-state index in [1.165, 1.54) is 4.90 Å². The summed E-state index contributed by atoms with van der Waals surface area (Å²) in [6.45, 7) is 2.93. The third-order valence-electron chi connectivity index (χ3n) is 5.32. The van der Waals surface area contributed by atoms with Crippen LogP contribution in [-0.4, -0.2) is 50.9 Å². The molecule has 3 amide bonds. The molecule has 7 nitrogen and oxygen atoms in total. The number of aryl methyl sites for hydroxylation is 1. The normalized spacial score (nSPS) is 13.2. The van der Waals surface area contributed by atoms with E-state index in [0.717, 1.165) is 24.1 Å². The number of rotatable bonds is 8. The minimum atomic E-state index is -0.219. The molecular weight excluding hydrogens is 356 g/mol. The van der Waals surface area contributed by atoms with Gasteiger partial charge in [-0.15, -0.1) is 0 Å². The molecule has 148 valence electrons. The minimum absolute atomic E-state index is 0.0870. The van der Waals surface area contributed by atoms with Crippen LogP contribution in [0, 0.1) is 6.92 Å². The van der Waals surface area contributed by atoms with Gasteiger partial charge in [0.05, 0.1) is 17.3 Å². The second-order valence-corrected chi connectivity index (χ2v) is 7.25. The second kappa shape index (κ2) is 8.37. The Balaban J connectivity index is 1.39. The first-order chi connectivity index (χ1) is 13.4. The number of benzene rings is 1. The van der Waals surface area contributed by atoms with Gasteiger partial charge in [0, 0.05) is 44.9 Å². The summed E-state index contributed by atoms with van der Waals surface area (Å²) in [6.07, 6.45) is 4.47. The number of imide groups is 1. The number of carbonyl (C=O) groups is 3. The van der Waals surface area contributed by atoms with Crippen molar-refractivity contribution in [1.82, 2.24) is 19.6 Å². The zero-order valence-electron chi connectivity index (χ0n) is 16.6. The second-order valence-electron chi connectivity index (χ2n) is 7.25. The van der Waals surface area contributed by atoms with Crippen molar-refractivity contribution in [2.45, 2.75) is 39.2 Å². The first kappa shape index (κ1) is 19.8. The van der Waals surface area contributed by atoms with E-state index in [4.69, 9.17) is 0 Å². The third-order valence-corrected chi connectivity index (χ3v) is 5.32. The van der Waals surface area contributed by atoms with Crippen molar-refractivity contribution in [2.75, 3.05) is 13.6 Å². The summed E-state index contributed by atoms with van der Waals surface area (Å²) < 4.78 is 1.80. The molecule has 0 radical (unpaired) electrons. The van der Waals surface area contributed by atoms with Crippen LogP contribution < -0.4 is 0 Å². The molecular formula is C21H26N4O3. The number of aromatic nitrogens is 2. The van der Waals surface area contributed by atoms with Crippen LogP contribution in [0.25, 0.3) is 0 Å². The highest BCUT2D eigenvalue weighted by Crippen LogP contribution is 2.22. The van der Waals surface area contributed by atoms with Gasteiger partial charge in [-0.05, 0) is 31.9 Å². The highest BCUT2D eigenvalue weighted by molar-refractivity contribution is 6.21. The summed E-state index contributed by atoms with van der Waals surface area (Å²) in [6, 6.07) is 6.91. The molecule has 0 spiro atoms. The topological polar surface area (TPSA) is 75.5 Å². The van der Waals surface area contributed by atoms with Crippen molar-refractivity contribution in [1.29, 1.82) is 0 Å². The molecule has 1 aromatic carbocycles. The number of amides is 3. The third kappa shape index (κ3) is 3.98. The maximum atomic E-state index is 12.3. The Morgan fingerprint density at radius 3 is 2.29 bits per heavy atom. The summed E-state index contributed by atoms with van der Waals surface area (Å²) in [7, 11) is 3.68. The highest BCUT2D eigenvalue weighted by atomic mass is 16.2. The van der Waals surface area contributed by atoms with E-state index < -0.39 is 0 Å². The maximum absolute atomic E-state index is 12.3. The molecule has 0 saturated heterocycles. The highest BCUT2D eigenvalue weighted by Gasteiger charge is 2.34. The fourth-order valence-corrected chi connectivity index (χ4v) is 3.40. The van der Waals surface area contributed by atoms with Gasteiger partial charge < -0.3 is 4.90 Å². The molecule has 0 fully saturated rings. The van der Waals surface area contributed by atoms with E-state index >= 15 is 0 Å². The molecule has 2 heterocycles. The molecule has 0 unspecified atom stereocenters. The van der Waals surface area contributed by atoms with Gasteiger partial charge in [-0.3, -0.25) is 24.0 Å². The number of hydrogen-bond donors (Lipinski definition) is 0. The minimum Gasteiger partial charge on any atom is -0.341 e. The van der Waals surface area contributed by atoms with Crippen LogP contribution >= 0.6 is 0 Å². The van der Waals surface area contributed by atoms with Gasteiger partial charge in [-0.2, -0.15) is 5.10 Å². The monoisotopic (exact) mass is 382 g/mol. The van der Waals surface area contributed by atoms with E-state index in [2.05, 4.69) is 5.10 Å². The van der Waals surface area contributed by atoms with Crippen LogP contribution in [0.5, 0.6) is 0 Å². The first-order valence-corrected chi connectivity index (χ1v) is 9.57. The number of fused-ring (bicyclic) bond motifs is 1. The molecule has 1 aliphatic rings. The van der Waals surface area contributed by atoms with Gasteiger partial charge in [-0.25, -0.2) is 0 Å². The zero-order chi connectivity index (χ0) is 20.3. The van der Waals surface area contributed by atoms with E-state index in [1.54, 1.807) is 47.1 Å². The van der Waals surface area contributed by atoms with E-state index in [-0.39, 0.29) is 17.7 Å². The van der Waals surface area contributed by atoms with Gasteiger partial charge in [0.15, 0.2) is 0 Å². The summed E-state index contributed by atoms with van der Waals surface area (Å²) in [5.74, 6) is -0.351. The Morgan fingerprint density at radius 2 is 1.71 bits per heavy atom. The molecule has 3 rings (SSSR count). The molecule has 0 aliphatic carbocycles. The predicted molar refractivity (Wildman–Crippen MR) is 105 cm³/mol. The lowest BCUT2D eigenvalue weighted by Crippen LogP contribution is -2.30. The van der Waals surface area contributed by atoms with Gasteiger partial charge in [0.2, 0.25) is 5.91 Å². The molecule has 28 heavy (non-hydrogen) atoms. The fourth-order valence-electron chi connectivity index (χ4n) is 3.40. The Hall–Kier alpha value is -2.96. The molecule has 0 atom stereocenters. The Bertz CT molecular complexity index is 868. The predicted octanol–water partition coefficient (Wildman–Crippen LogP) is 2.54. The van der Waals surface area contributed by atoms with Crippen LogP contribution in [0.1, 0.15) is 57.7 Å². The fraction of sp³-hybridized carbons (Fsp3) is 0.429. The van der Waals surface area contributed by atoms with Crippen LogP contribution in [-0.2, 0) is 18.4 Å². The van der Waals surface area contributed by atoms with Gasteiger partial charge in [0.25, 0.3) is 11.8 Å². The summed E-state index contributed by atoms with van der Waals surface area (Å²) >= 11 is 0. The Labute approximate surface area is 164 Å². The van der Waals surface area contributed by atoms with Crippen LogP contribution in [0.3, 0.4) is 0 Å². The number of hydrogen-bond acceptors (Lipinski definition) is 4. The van der Waals surface area contributed by atoms with E-state index in [1.807, 2.05) is 14.0 Å². The summed E-state index contributed by atoms with van der Waals surface area (Å²) in [5, 5.41) is 4.20. The molecule has 0 N–H and O–H groups in total. The van der Waals surface area contributed by atoms with Crippen molar-refractivity contribution >= 4 is 17.7 Å². The maximum Gasteiger partial charge on any atom is 0.261 e. The average molecular weight is 382 g/mol. The van der Waals surface area contributed by atoms with Gasteiger partial charge in [-0.1, -0.05) is 18.6 Å². The lowest BCUT2D eigenvalue weighted by molar-refractivity contribution is -0.130. The standard InChI is InChI=1S/C21H26N4O3/c1-15-16(13-22-24(15)3)14-23(2)19(26)11-5-4-8-12-25-20(27)17-9-6-7-10-18(17)21(25)28/h6-7,9-10,13H,4-5,8,11-12,14H2,1-3H3. The molecule has 0 saturated carbocycles. The van der Waals surface area contributed by atoms with E-state index in [9.17, 15) is 14.4 Å². The SMILES string of the molecule is Cc1c(CN(C)C(=O)CCCCCN2C(=O)c3ccccc3C2=O)cnn1C. The van der Waals surface area contributed by atoms with Crippen LogP contribution in [0.2, 0.25) is 0 Å². The number of unbranched alkanes of at least 4 members (excludes halogenated alkanes) is 2. The first-order valence-electron chi connectivity index (χ1n) is 9.57. The van der Waals surface area contributed by atoms with Crippen molar-refractivity contribution in [3.8, 4) is 0 Å². The van der Waals surface area contributed by atoms with Crippen molar-refractivity contribution in [2.24, 2.45) is 7.05 Å². The van der Waals surface area contributed by atoms with E-state index in [0.29, 0.717) is 37.1 Å². The van der Waals surface area contributed by atoms with Gasteiger partial charge in [0.1, 0.15) is 0 Å². The lowest BCUT2D eigenvalue weighted by atomic mass is 10.1. The average Bonchev–Trinajstić information content (AvgIpc) is 3.13. The molecule has 0 bridgehead atoms. The summed E-state index contributed by atoms with van der Waals surface area (Å²) in [5.41, 5.74) is 3.06. The molecule has 7 heteroatoms. The van der Waals surface area contributed by atoms with Crippen molar-refractivity contribution in [3.63, 3.8) is 0 Å². The number of nitrogens with zero attached hydrogens (tertiary/aromatic N) is 4. The van der Waals surface area contributed by atoms with Crippen molar-refractivity contribution in [3.05, 3.63) is 52.8 Å². The van der Waals surface area contributed by atoms with Crippen molar-refractivity contribution < 1.29 is 14.4 Å². The van der Waals surface area contributed by atoms with Gasteiger partial charge >= 0.3 is 0 Å². The largest absolute Gasteiger partial charge is 0.341 e. The molecule has 2 aromatic rings. The smallest absolute Gasteiger partial charge is 0.261 e. The number of carbonyl (C=O) groups excluding carboxylic acids is 3. The Morgan fingerprint density at radius 1 is 1.07 bits per heavy atom. The van der Waals surface area contributed by atoms with Crippen LogP contribution in [0.15, 0.2) is 30.5 Å². The molecule has 1 aromatic heterocycles. The summed E-state index contributed by atoms with van der Waals surface area (Å²) in [4.78, 5) is 40.0. The zero-order valence-corrected chi connectivity index (χ0v) is 16.6.